The smallest absolute Gasteiger partial charge is 0.254 e. The van der Waals surface area contributed by atoms with E-state index < -0.39 is 0 Å². The monoisotopic (exact) mass is 310 g/mol. The van der Waals surface area contributed by atoms with Crippen LogP contribution in [0.4, 0.5) is 5.69 Å². The van der Waals surface area contributed by atoms with Crippen LogP contribution >= 0.6 is 0 Å². The summed E-state index contributed by atoms with van der Waals surface area (Å²) in [5.41, 5.74) is 10.7. The molecule has 0 spiro atoms. The molecule has 23 heavy (non-hydrogen) atoms. The second kappa shape index (κ2) is 6.42. The lowest BCUT2D eigenvalue weighted by molar-refractivity contribution is 0.0793. The molecular weight excluding hydrogens is 288 g/mol. The van der Waals surface area contributed by atoms with E-state index >= 15 is 0 Å². The van der Waals surface area contributed by atoms with E-state index in [-0.39, 0.29) is 12.5 Å². The van der Waals surface area contributed by atoms with Gasteiger partial charge >= 0.3 is 0 Å². The molecule has 0 atom stereocenters. The van der Waals surface area contributed by atoms with E-state index in [2.05, 4.69) is 0 Å². The number of aryl methyl sites for hydroxylation is 1. The van der Waals surface area contributed by atoms with Crippen LogP contribution in [-0.4, -0.2) is 29.0 Å². The molecule has 2 aromatic carbocycles. The Labute approximate surface area is 136 Å². The third kappa shape index (κ3) is 2.94. The first kappa shape index (κ1) is 15.6. The molecule has 0 bridgehead atoms. The summed E-state index contributed by atoms with van der Waals surface area (Å²) in [6.07, 6.45) is 2.15. The van der Waals surface area contributed by atoms with Crippen LogP contribution in [0.2, 0.25) is 0 Å². The van der Waals surface area contributed by atoms with E-state index in [9.17, 15) is 9.90 Å². The van der Waals surface area contributed by atoms with Gasteiger partial charge < -0.3 is 15.7 Å². The fourth-order valence-electron chi connectivity index (χ4n) is 3.22. The van der Waals surface area contributed by atoms with Crippen molar-refractivity contribution in [2.24, 2.45) is 0 Å². The average Bonchev–Trinajstić information content (AvgIpc) is 3.09. The summed E-state index contributed by atoms with van der Waals surface area (Å²) in [6, 6.07) is 11.4. The minimum Gasteiger partial charge on any atom is -0.398 e. The molecule has 1 fully saturated rings. The van der Waals surface area contributed by atoms with Crippen LogP contribution in [0.3, 0.4) is 0 Å². The number of aliphatic hydroxyl groups is 1. The SMILES string of the molecule is Cc1cccc(C(=O)N2CCCC2)c1-c1ccc(N)c(CO)c1. The van der Waals surface area contributed by atoms with Crippen molar-refractivity contribution in [3.05, 3.63) is 53.1 Å². The van der Waals surface area contributed by atoms with Gasteiger partial charge in [0.05, 0.1) is 6.61 Å². The molecule has 120 valence electrons. The van der Waals surface area contributed by atoms with Crippen molar-refractivity contribution in [2.45, 2.75) is 26.4 Å². The first-order valence-corrected chi connectivity index (χ1v) is 8.00. The maximum atomic E-state index is 12.9. The Hall–Kier alpha value is -2.33. The molecule has 1 saturated heterocycles. The first-order valence-electron chi connectivity index (χ1n) is 8.00. The third-order valence-corrected chi connectivity index (χ3v) is 4.50. The highest BCUT2D eigenvalue weighted by molar-refractivity contribution is 6.02. The molecule has 1 heterocycles. The predicted molar refractivity (Wildman–Crippen MR) is 92.1 cm³/mol. The molecule has 4 heteroatoms. The molecule has 1 amide bonds. The van der Waals surface area contributed by atoms with Crippen LogP contribution in [0.25, 0.3) is 11.1 Å². The van der Waals surface area contributed by atoms with Crippen molar-refractivity contribution in [2.75, 3.05) is 18.8 Å². The number of anilines is 1. The average molecular weight is 310 g/mol. The number of aliphatic hydroxyl groups excluding tert-OH is 1. The van der Waals surface area contributed by atoms with Crippen LogP contribution in [0.5, 0.6) is 0 Å². The molecule has 1 aliphatic heterocycles. The van der Waals surface area contributed by atoms with Crippen LogP contribution < -0.4 is 5.73 Å². The third-order valence-electron chi connectivity index (χ3n) is 4.50. The highest BCUT2D eigenvalue weighted by atomic mass is 16.3. The Kier molecular flexibility index (Phi) is 4.35. The molecule has 1 aliphatic rings. The number of nitrogen functional groups attached to an aromatic ring is 1. The van der Waals surface area contributed by atoms with Gasteiger partial charge in [-0.05, 0) is 54.7 Å². The van der Waals surface area contributed by atoms with Gasteiger partial charge in [0.1, 0.15) is 0 Å². The number of carbonyl (C=O) groups is 1. The van der Waals surface area contributed by atoms with Crippen LogP contribution in [0, 0.1) is 6.92 Å². The maximum absolute atomic E-state index is 12.9. The fraction of sp³-hybridized carbons (Fsp3) is 0.316. The normalized spacial score (nSPS) is 14.3. The number of amides is 1. The van der Waals surface area contributed by atoms with Gasteiger partial charge in [0.25, 0.3) is 5.91 Å². The van der Waals surface area contributed by atoms with E-state index in [1.54, 1.807) is 6.07 Å². The molecule has 0 saturated carbocycles. The highest BCUT2D eigenvalue weighted by Gasteiger charge is 2.23. The lowest BCUT2D eigenvalue weighted by Gasteiger charge is -2.19. The minimum absolute atomic E-state index is 0.0866. The summed E-state index contributed by atoms with van der Waals surface area (Å²) in [5, 5.41) is 9.46. The minimum atomic E-state index is -0.110. The summed E-state index contributed by atoms with van der Waals surface area (Å²) in [7, 11) is 0. The molecule has 2 aromatic rings. The summed E-state index contributed by atoms with van der Waals surface area (Å²) in [5.74, 6) is 0.0866. The van der Waals surface area contributed by atoms with Crippen molar-refractivity contribution >= 4 is 11.6 Å². The molecule has 0 radical (unpaired) electrons. The van der Waals surface area contributed by atoms with E-state index in [0.717, 1.165) is 48.2 Å². The van der Waals surface area contributed by atoms with Gasteiger partial charge in [-0.3, -0.25) is 4.79 Å². The highest BCUT2D eigenvalue weighted by Crippen LogP contribution is 2.31. The van der Waals surface area contributed by atoms with Crippen molar-refractivity contribution in [3.8, 4) is 11.1 Å². The largest absolute Gasteiger partial charge is 0.398 e. The van der Waals surface area contributed by atoms with Gasteiger partial charge in [-0.1, -0.05) is 18.2 Å². The number of nitrogens with two attached hydrogens (primary N) is 1. The summed E-state index contributed by atoms with van der Waals surface area (Å²) in [4.78, 5) is 14.8. The van der Waals surface area contributed by atoms with Crippen LogP contribution in [0.1, 0.15) is 34.3 Å². The predicted octanol–water partition coefficient (Wildman–Crippen LogP) is 2.97. The standard InChI is InChI=1S/C19H22N2O2/c1-13-5-4-6-16(19(23)21-9-2-3-10-21)18(13)14-7-8-17(20)15(11-14)12-22/h4-8,11,22H,2-3,9-10,12,20H2,1H3. The Morgan fingerprint density at radius 2 is 1.96 bits per heavy atom. The van der Waals surface area contributed by atoms with Crippen LogP contribution in [0.15, 0.2) is 36.4 Å². The van der Waals surface area contributed by atoms with E-state index in [1.165, 1.54) is 0 Å². The molecule has 0 aliphatic carbocycles. The summed E-state index contributed by atoms with van der Waals surface area (Å²) < 4.78 is 0. The maximum Gasteiger partial charge on any atom is 0.254 e. The van der Waals surface area contributed by atoms with Crippen molar-refractivity contribution in [3.63, 3.8) is 0 Å². The van der Waals surface area contributed by atoms with E-state index in [0.29, 0.717) is 11.3 Å². The van der Waals surface area contributed by atoms with Gasteiger partial charge in [-0.2, -0.15) is 0 Å². The second-order valence-corrected chi connectivity index (χ2v) is 6.07. The van der Waals surface area contributed by atoms with Crippen LogP contribution in [-0.2, 0) is 6.61 Å². The molecule has 0 aromatic heterocycles. The molecule has 4 nitrogen and oxygen atoms in total. The number of hydrogen-bond donors (Lipinski definition) is 2. The Morgan fingerprint density at radius 3 is 2.65 bits per heavy atom. The summed E-state index contributed by atoms with van der Waals surface area (Å²) in [6.45, 7) is 3.55. The van der Waals surface area contributed by atoms with Gasteiger partial charge in [-0.25, -0.2) is 0 Å². The zero-order valence-electron chi connectivity index (χ0n) is 13.4. The Balaban J connectivity index is 2.09. The Bertz CT molecular complexity index is 734. The Morgan fingerprint density at radius 1 is 1.22 bits per heavy atom. The van der Waals surface area contributed by atoms with Crippen molar-refractivity contribution < 1.29 is 9.90 Å². The van der Waals surface area contributed by atoms with Crippen molar-refractivity contribution in [1.29, 1.82) is 0 Å². The number of hydrogen-bond acceptors (Lipinski definition) is 3. The zero-order valence-corrected chi connectivity index (χ0v) is 13.4. The first-order chi connectivity index (χ1) is 11.1. The van der Waals surface area contributed by atoms with E-state index in [4.69, 9.17) is 5.73 Å². The number of rotatable bonds is 3. The summed E-state index contributed by atoms with van der Waals surface area (Å²) >= 11 is 0. The second-order valence-electron chi connectivity index (χ2n) is 6.07. The number of benzene rings is 2. The lowest BCUT2D eigenvalue weighted by atomic mass is 9.93. The number of likely N-dealkylation sites (tertiary alicyclic amines) is 1. The number of nitrogens with zero attached hydrogens (tertiary/aromatic N) is 1. The molecule has 3 rings (SSSR count). The van der Waals surface area contributed by atoms with Gasteiger partial charge in [0.2, 0.25) is 0 Å². The zero-order chi connectivity index (χ0) is 16.4. The lowest BCUT2D eigenvalue weighted by Crippen LogP contribution is -2.28. The van der Waals surface area contributed by atoms with Gasteiger partial charge in [-0.15, -0.1) is 0 Å². The van der Waals surface area contributed by atoms with E-state index in [1.807, 2.05) is 42.2 Å². The van der Waals surface area contributed by atoms with Crippen molar-refractivity contribution in [1.82, 2.24) is 4.90 Å². The van der Waals surface area contributed by atoms with Gasteiger partial charge in [0.15, 0.2) is 0 Å². The number of carbonyl (C=O) groups excluding carboxylic acids is 1. The van der Waals surface area contributed by atoms with Gasteiger partial charge in [0, 0.05) is 29.9 Å². The molecular formula is C19H22N2O2. The fourth-order valence-corrected chi connectivity index (χ4v) is 3.22. The molecule has 0 unspecified atom stereocenters. The molecule has 3 N–H and O–H groups in total. The quantitative estimate of drug-likeness (QED) is 0.857. The topological polar surface area (TPSA) is 66.6 Å².